The van der Waals surface area contributed by atoms with Crippen molar-refractivity contribution in [3.8, 4) is 11.1 Å². The van der Waals surface area contributed by atoms with Gasteiger partial charge in [-0.15, -0.1) is 11.8 Å². The van der Waals surface area contributed by atoms with E-state index in [1.165, 1.54) is 11.8 Å². The number of hydrogen-bond acceptors (Lipinski definition) is 3. The van der Waals surface area contributed by atoms with Crippen LogP contribution in [-0.4, -0.2) is 34.9 Å². The van der Waals surface area contributed by atoms with E-state index in [4.69, 9.17) is 0 Å². The molecule has 4 nitrogen and oxygen atoms in total. The minimum atomic E-state index is -0.164. The second-order valence-electron chi connectivity index (χ2n) is 5.06. The van der Waals surface area contributed by atoms with Crippen molar-refractivity contribution in [2.45, 2.75) is 0 Å². The third-order valence-corrected chi connectivity index (χ3v) is 4.38. The Morgan fingerprint density at radius 2 is 1.73 bits per heavy atom. The Hall–Kier alpha value is -2.27. The lowest BCUT2D eigenvalue weighted by Crippen LogP contribution is -2.34. The van der Waals surface area contributed by atoms with Crippen LogP contribution in [0.5, 0.6) is 0 Å². The van der Waals surface area contributed by atoms with Crippen LogP contribution < -0.4 is 5.32 Å². The number of rotatable bonds is 4. The lowest BCUT2D eigenvalue weighted by Gasteiger charge is -2.14. The first-order chi connectivity index (χ1) is 10.7. The van der Waals surface area contributed by atoms with Crippen LogP contribution in [0.3, 0.4) is 0 Å². The van der Waals surface area contributed by atoms with E-state index < -0.39 is 0 Å². The molecular weight excluding hydrogens is 296 g/mol. The summed E-state index contributed by atoms with van der Waals surface area (Å²) in [7, 11) is 0. The molecule has 112 valence electrons. The topological polar surface area (TPSA) is 49.4 Å². The largest absolute Gasteiger partial charge is 0.325 e. The fourth-order valence-electron chi connectivity index (χ4n) is 2.29. The minimum Gasteiger partial charge on any atom is -0.325 e. The third kappa shape index (κ3) is 3.49. The molecule has 0 radical (unpaired) electrons. The molecule has 1 aliphatic rings. The highest BCUT2D eigenvalue weighted by molar-refractivity contribution is 8.00. The molecule has 0 spiro atoms. The van der Waals surface area contributed by atoms with Gasteiger partial charge < -0.3 is 10.2 Å². The molecule has 0 aromatic heterocycles. The van der Waals surface area contributed by atoms with Gasteiger partial charge in [0.1, 0.15) is 6.54 Å². The van der Waals surface area contributed by atoms with E-state index in [2.05, 4.69) is 5.32 Å². The summed E-state index contributed by atoms with van der Waals surface area (Å²) in [5.41, 5.74) is 2.98. The zero-order valence-corrected chi connectivity index (χ0v) is 12.8. The standard InChI is InChI=1S/C17H16N2O2S/c20-16(10-19-12-22-11-17(19)21)18-15-8-6-14(7-9-15)13-4-2-1-3-5-13/h1-9H,10-12H2,(H,18,20). The van der Waals surface area contributed by atoms with Crippen molar-refractivity contribution in [1.29, 1.82) is 0 Å². The fourth-order valence-corrected chi connectivity index (χ4v) is 3.19. The van der Waals surface area contributed by atoms with Gasteiger partial charge in [0.15, 0.2) is 0 Å². The first-order valence-electron chi connectivity index (χ1n) is 7.03. The maximum Gasteiger partial charge on any atom is 0.244 e. The third-order valence-electron chi connectivity index (χ3n) is 3.44. The number of carbonyl (C=O) groups excluding carboxylic acids is 2. The summed E-state index contributed by atoms with van der Waals surface area (Å²) in [5.74, 6) is 0.931. The van der Waals surface area contributed by atoms with Gasteiger partial charge in [0.25, 0.3) is 0 Å². The Labute approximate surface area is 133 Å². The Morgan fingerprint density at radius 1 is 1.05 bits per heavy atom. The first-order valence-corrected chi connectivity index (χ1v) is 8.19. The van der Waals surface area contributed by atoms with Crippen LogP contribution in [0.4, 0.5) is 5.69 Å². The van der Waals surface area contributed by atoms with E-state index in [1.54, 1.807) is 4.90 Å². The second kappa shape index (κ2) is 6.66. The van der Waals surface area contributed by atoms with Crippen LogP contribution in [-0.2, 0) is 9.59 Å². The second-order valence-corrected chi connectivity index (χ2v) is 6.02. The molecule has 0 aliphatic carbocycles. The smallest absolute Gasteiger partial charge is 0.244 e. The van der Waals surface area contributed by atoms with E-state index in [9.17, 15) is 9.59 Å². The summed E-state index contributed by atoms with van der Waals surface area (Å²) in [6, 6.07) is 17.8. The fraction of sp³-hybridized carbons (Fsp3) is 0.176. The number of nitrogens with one attached hydrogen (secondary N) is 1. The normalized spacial score (nSPS) is 14.2. The van der Waals surface area contributed by atoms with Gasteiger partial charge in [0, 0.05) is 5.69 Å². The number of amides is 2. The monoisotopic (exact) mass is 312 g/mol. The summed E-state index contributed by atoms with van der Waals surface area (Å²) in [6.07, 6.45) is 0. The van der Waals surface area contributed by atoms with Crippen molar-refractivity contribution in [3.05, 3.63) is 54.6 Å². The van der Waals surface area contributed by atoms with E-state index in [-0.39, 0.29) is 18.4 Å². The highest BCUT2D eigenvalue weighted by atomic mass is 32.2. The highest BCUT2D eigenvalue weighted by Crippen LogP contribution is 2.21. The van der Waals surface area contributed by atoms with Crippen molar-refractivity contribution >= 4 is 29.3 Å². The number of anilines is 1. The molecule has 2 aromatic rings. The molecule has 3 rings (SSSR count). The molecule has 1 aliphatic heterocycles. The number of nitrogens with zero attached hydrogens (tertiary/aromatic N) is 1. The number of benzene rings is 2. The number of carbonyl (C=O) groups is 2. The highest BCUT2D eigenvalue weighted by Gasteiger charge is 2.22. The van der Waals surface area contributed by atoms with Gasteiger partial charge >= 0.3 is 0 Å². The average Bonchev–Trinajstić information content (AvgIpc) is 2.94. The molecule has 0 saturated carbocycles. The maximum atomic E-state index is 12.0. The zero-order valence-electron chi connectivity index (χ0n) is 12.0. The van der Waals surface area contributed by atoms with Crippen LogP contribution >= 0.6 is 11.8 Å². The van der Waals surface area contributed by atoms with Gasteiger partial charge in [-0.1, -0.05) is 42.5 Å². The Morgan fingerprint density at radius 3 is 2.36 bits per heavy atom. The molecule has 1 N–H and O–H groups in total. The van der Waals surface area contributed by atoms with Crippen LogP contribution in [0.15, 0.2) is 54.6 Å². The summed E-state index contributed by atoms with van der Waals surface area (Å²) < 4.78 is 0. The molecule has 1 heterocycles. The van der Waals surface area contributed by atoms with E-state index in [0.29, 0.717) is 11.6 Å². The first kappa shape index (κ1) is 14.7. The molecule has 22 heavy (non-hydrogen) atoms. The summed E-state index contributed by atoms with van der Waals surface area (Å²) in [6.45, 7) is 0.117. The van der Waals surface area contributed by atoms with Crippen molar-refractivity contribution in [1.82, 2.24) is 4.90 Å². The van der Waals surface area contributed by atoms with Crippen molar-refractivity contribution in [2.24, 2.45) is 0 Å². The molecule has 0 bridgehead atoms. The molecule has 0 unspecified atom stereocenters. The van der Waals surface area contributed by atoms with Gasteiger partial charge in [0.05, 0.1) is 11.6 Å². The molecular formula is C17H16N2O2S. The van der Waals surface area contributed by atoms with E-state index in [1.807, 2.05) is 54.6 Å². The molecule has 1 saturated heterocycles. The molecule has 2 aromatic carbocycles. The Bertz CT molecular complexity index is 671. The van der Waals surface area contributed by atoms with Gasteiger partial charge in [-0.2, -0.15) is 0 Å². The van der Waals surface area contributed by atoms with Gasteiger partial charge in [-0.3, -0.25) is 9.59 Å². The quantitative estimate of drug-likeness (QED) is 0.944. The van der Waals surface area contributed by atoms with Gasteiger partial charge in [-0.05, 0) is 23.3 Å². The maximum absolute atomic E-state index is 12.0. The summed E-state index contributed by atoms with van der Waals surface area (Å²) in [4.78, 5) is 25.0. The SMILES string of the molecule is O=C(CN1CSCC1=O)Nc1ccc(-c2ccccc2)cc1. The molecule has 5 heteroatoms. The minimum absolute atomic E-state index is 0.0274. The van der Waals surface area contributed by atoms with Crippen molar-refractivity contribution in [3.63, 3.8) is 0 Å². The van der Waals surface area contributed by atoms with Crippen LogP contribution in [0.2, 0.25) is 0 Å². The van der Waals surface area contributed by atoms with Gasteiger partial charge in [-0.25, -0.2) is 0 Å². The zero-order chi connectivity index (χ0) is 15.4. The van der Waals surface area contributed by atoms with Crippen molar-refractivity contribution < 1.29 is 9.59 Å². The van der Waals surface area contributed by atoms with E-state index >= 15 is 0 Å². The predicted molar refractivity (Wildman–Crippen MR) is 89.5 cm³/mol. The summed E-state index contributed by atoms with van der Waals surface area (Å²) in [5, 5.41) is 2.83. The number of hydrogen-bond donors (Lipinski definition) is 1. The lowest BCUT2D eigenvalue weighted by molar-refractivity contribution is -0.130. The molecule has 2 amide bonds. The summed E-state index contributed by atoms with van der Waals surface area (Å²) >= 11 is 1.53. The Balaban J connectivity index is 1.61. The van der Waals surface area contributed by atoms with Crippen LogP contribution in [0.1, 0.15) is 0 Å². The van der Waals surface area contributed by atoms with Crippen LogP contribution in [0.25, 0.3) is 11.1 Å². The van der Waals surface area contributed by atoms with Gasteiger partial charge in [0.2, 0.25) is 11.8 Å². The van der Waals surface area contributed by atoms with E-state index in [0.717, 1.165) is 16.8 Å². The Kier molecular flexibility index (Phi) is 4.44. The van der Waals surface area contributed by atoms with Crippen LogP contribution in [0, 0.1) is 0 Å². The molecule has 0 atom stereocenters. The number of thioether (sulfide) groups is 1. The molecule has 1 fully saturated rings. The average molecular weight is 312 g/mol. The lowest BCUT2D eigenvalue weighted by atomic mass is 10.1. The van der Waals surface area contributed by atoms with Crippen molar-refractivity contribution in [2.75, 3.05) is 23.5 Å². The predicted octanol–water partition coefficient (Wildman–Crippen LogP) is 2.83.